The molecule has 27 heavy (non-hydrogen) atoms. The van der Waals surface area contributed by atoms with Crippen LogP contribution in [-0.2, 0) is 0 Å². The minimum Gasteiger partial charge on any atom is -0.495 e. The van der Waals surface area contributed by atoms with Gasteiger partial charge in [-0.15, -0.1) is 11.3 Å². The molecule has 0 fully saturated rings. The van der Waals surface area contributed by atoms with E-state index >= 15 is 0 Å². The number of methoxy groups -OCH3 is 1. The molecule has 0 saturated heterocycles. The first-order valence-corrected chi connectivity index (χ1v) is 9.45. The average molecular weight is 446 g/mol. The number of primary amides is 1. The summed E-state index contributed by atoms with van der Waals surface area (Å²) in [6, 6.07) is 14.1. The molecule has 3 rings (SSSR count). The fraction of sp³-hybridized carbons (Fsp3) is 0.0526. The van der Waals surface area contributed by atoms with Crippen molar-refractivity contribution in [2.45, 2.75) is 0 Å². The van der Waals surface area contributed by atoms with Crippen LogP contribution in [-0.4, -0.2) is 18.8 Å². The van der Waals surface area contributed by atoms with Gasteiger partial charge < -0.3 is 21.5 Å². The number of nitrogens with one attached hydrogen (secondary N) is 1. The van der Waals surface area contributed by atoms with E-state index < -0.39 is 5.91 Å². The van der Waals surface area contributed by atoms with Crippen molar-refractivity contribution in [1.82, 2.24) is 0 Å². The number of ketones is 1. The zero-order valence-corrected chi connectivity index (χ0v) is 16.7. The van der Waals surface area contributed by atoms with Crippen LogP contribution in [0.3, 0.4) is 0 Å². The van der Waals surface area contributed by atoms with Crippen LogP contribution in [0.1, 0.15) is 25.6 Å². The quantitative estimate of drug-likeness (QED) is 0.493. The van der Waals surface area contributed by atoms with E-state index in [9.17, 15) is 9.59 Å². The van der Waals surface area contributed by atoms with Crippen LogP contribution in [0.2, 0.25) is 0 Å². The topological polar surface area (TPSA) is 107 Å². The number of nitrogens with two attached hydrogens (primary N) is 2. The van der Waals surface area contributed by atoms with E-state index in [-0.39, 0.29) is 21.9 Å². The number of hydrogen-bond donors (Lipinski definition) is 3. The summed E-state index contributed by atoms with van der Waals surface area (Å²) in [5, 5.41) is 3.50. The first-order chi connectivity index (χ1) is 12.9. The van der Waals surface area contributed by atoms with E-state index in [2.05, 4.69) is 21.2 Å². The smallest absolute Gasteiger partial charge is 0.253 e. The number of halogens is 1. The number of amides is 1. The Bertz CT molecular complexity index is 1020. The van der Waals surface area contributed by atoms with Gasteiger partial charge in [-0.25, -0.2) is 0 Å². The number of nitrogen functional groups attached to an aromatic ring is 1. The Labute approximate surface area is 168 Å². The van der Waals surface area contributed by atoms with E-state index in [1.54, 1.807) is 43.5 Å². The second kappa shape index (κ2) is 7.81. The van der Waals surface area contributed by atoms with E-state index in [0.717, 1.165) is 15.8 Å². The molecule has 0 spiro atoms. The molecule has 0 atom stereocenters. The third-order valence-electron chi connectivity index (χ3n) is 3.86. The van der Waals surface area contributed by atoms with Crippen LogP contribution in [0.5, 0.6) is 5.75 Å². The standard InChI is InChI=1S/C19H16BrN3O3S/c1-26-13-5-3-2-4-12(13)23-19-14(18(22)25)15(21)17(27-19)16(24)10-6-8-11(20)9-7-10/h2-9,23H,21H2,1H3,(H2,22,25). The predicted octanol–water partition coefficient (Wildman–Crippen LogP) is 4.17. The maximum atomic E-state index is 12.9. The minimum absolute atomic E-state index is 0.0674. The van der Waals surface area contributed by atoms with Crippen molar-refractivity contribution in [1.29, 1.82) is 0 Å². The summed E-state index contributed by atoms with van der Waals surface area (Å²) in [5.41, 5.74) is 12.9. The lowest BCUT2D eigenvalue weighted by Crippen LogP contribution is -2.14. The Hall–Kier alpha value is -2.84. The van der Waals surface area contributed by atoms with E-state index in [1.807, 2.05) is 12.1 Å². The fourth-order valence-electron chi connectivity index (χ4n) is 2.55. The highest BCUT2D eigenvalue weighted by atomic mass is 79.9. The average Bonchev–Trinajstić information content (AvgIpc) is 2.98. The lowest BCUT2D eigenvalue weighted by Gasteiger charge is -2.10. The number of carbonyl (C=O) groups excluding carboxylic acids is 2. The van der Waals surface area contributed by atoms with Crippen molar-refractivity contribution < 1.29 is 14.3 Å². The number of anilines is 3. The molecule has 138 valence electrons. The third-order valence-corrected chi connectivity index (χ3v) is 5.51. The maximum Gasteiger partial charge on any atom is 0.253 e. The van der Waals surface area contributed by atoms with Gasteiger partial charge in [-0.05, 0) is 36.4 Å². The molecule has 0 bridgehead atoms. The van der Waals surface area contributed by atoms with E-state index in [1.165, 1.54) is 0 Å². The Morgan fingerprint density at radius 1 is 1.11 bits per heavy atom. The normalized spacial score (nSPS) is 10.4. The summed E-state index contributed by atoms with van der Waals surface area (Å²) in [4.78, 5) is 25.1. The number of benzene rings is 2. The van der Waals surface area contributed by atoms with Crippen molar-refractivity contribution in [3.63, 3.8) is 0 Å². The van der Waals surface area contributed by atoms with Gasteiger partial charge in [-0.2, -0.15) is 0 Å². The second-order valence-corrected chi connectivity index (χ2v) is 7.51. The number of para-hydroxylation sites is 2. The summed E-state index contributed by atoms with van der Waals surface area (Å²) >= 11 is 4.42. The van der Waals surface area contributed by atoms with Gasteiger partial charge in [0.1, 0.15) is 15.6 Å². The molecule has 2 aromatic carbocycles. The van der Waals surface area contributed by atoms with Gasteiger partial charge >= 0.3 is 0 Å². The van der Waals surface area contributed by atoms with E-state index in [4.69, 9.17) is 16.2 Å². The van der Waals surface area contributed by atoms with Gasteiger partial charge in [0, 0.05) is 10.0 Å². The zero-order valence-electron chi connectivity index (χ0n) is 14.3. The molecule has 0 radical (unpaired) electrons. The molecule has 1 heterocycles. The van der Waals surface area contributed by atoms with Crippen LogP contribution >= 0.6 is 27.3 Å². The number of carbonyl (C=O) groups is 2. The summed E-state index contributed by atoms with van der Waals surface area (Å²) < 4.78 is 6.16. The monoisotopic (exact) mass is 445 g/mol. The Morgan fingerprint density at radius 3 is 2.41 bits per heavy atom. The van der Waals surface area contributed by atoms with Gasteiger partial charge in [0.05, 0.1) is 24.0 Å². The Balaban J connectivity index is 2.05. The molecule has 6 nitrogen and oxygen atoms in total. The summed E-state index contributed by atoms with van der Waals surface area (Å²) in [6.07, 6.45) is 0. The highest BCUT2D eigenvalue weighted by Gasteiger charge is 2.25. The fourth-order valence-corrected chi connectivity index (χ4v) is 3.91. The second-order valence-electron chi connectivity index (χ2n) is 5.57. The highest BCUT2D eigenvalue weighted by molar-refractivity contribution is 9.10. The molecule has 0 aliphatic carbocycles. The molecule has 0 aliphatic heterocycles. The van der Waals surface area contributed by atoms with Gasteiger partial charge in [0.25, 0.3) is 5.91 Å². The number of rotatable bonds is 6. The molecule has 5 N–H and O–H groups in total. The molecule has 1 aromatic heterocycles. The van der Waals surface area contributed by atoms with Crippen LogP contribution in [0, 0.1) is 0 Å². The third kappa shape index (κ3) is 3.81. The molecule has 3 aromatic rings. The number of thiophene rings is 1. The summed E-state index contributed by atoms with van der Waals surface area (Å²) in [7, 11) is 1.54. The molecule has 0 unspecified atom stereocenters. The van der Waals surface area contributed by atoms with Crippen molar-refractivity contribution in [3.8, 4) is 5.75 Å². The van der Waals surface area contributed by atoms with Gasteiger partial charge in [0.2, 0.25) is 5.78 Å². The Morgan fingerprint density at radius 2 is 1.78 bits per heavy atom. The first kappa shape index (κ1) is 18.9. The van der Waals surface area contributed by atoms with Gasteiger partial charge in [-0.1, -0.05) is 28.1 Å². The molecular weight excluding hydrogens is 430 g/mol. The highest BCUT2D eigenvalue weighted by Crippen LogP contribution is 2.40. The van der Waals surface area contributed by atoms with Gasteiger partial charge in [0.15, 0.2) is 0 Å². The lowest BCUT2D eigenvalue weighted by molar-refractivity contribution is 0.100. The van der Waals surface area contributed by atoms with Crippen molar-refractivity contribution in [2.24, 2.45) is 5.73 Å². The van der Waals surface area contributed by atoms with Crippen molar-refractivity contribution >= 4 is 55.3 Å². The Kier molecular flexibility index (Phi) is 5.48. The first-order valence-electron chi connectivity index (χ1n) is 7.84. The molecule has 1 amide bonds. The zero-order chi connectivity index (χ0) is 19.6. The van der Waals surface area contributed by atoms with Crippen LogP contribution in [0.25, 0.3) is 0 Å². The van der Waals surface area contributed by atoms with Crippen LogP contribution in [0.4, 0.5) is 16.4 Å². The number of ether oxygens (including phenoxy) is 1. The van der Waals surface area contributed by atoms with Crippen LogP contribution < -0.4 is 21.5 Å². The molecule has 0 saturated carbocycles. The summed E-state index contributed by atoms with van der Waals surface area (Å²) in [5.74, 6) is -0.405. The molecular formula is C19H16BrN3O3S. The van der Waals surface area contributed by atoms with Gasteiger partial charge in [-0.3, -0.25) is 9.59 Å². The SMILES string of the molecule is COc1ccccc1Nc1sc(C(=O)c2ccc(Br)cc2)c(N)c1C(N)=O. The maximum absolute atomic E-state index is 12.9. The van der Waals surface area contributed by atoms with E-state index in [0.29, 0.717) is 22.0 Å². The van der Waals surface area contributed by atoms with Crippen LogP contribution in [0.15, 0.2) is 53.0 Å². The molecule has 8 heteroatoms. The molecule has 0 aliphatic rings. The van der Waals surface area contributed by atoms with Crippen molar-refractivity contribution in [2.75, 3.05) is 18.2 Å². The number of hydrogen-bond acceptors (Lipinski definition) is 6. The largest absolute Gasteiger partial charge is 0.495 e. The predicted molar refractivity (Wildman–Crippen MR) is 111 cm³/mol. The lowest BCUT2D eigenvalue weighted by atomic mass is 10.1. The van der Waals surface area contributed by atoms with Crippen molar-refractivity contribution in [3.05, 3.63) is 69.0 Å². The minimum atomic E-state index is -0.712. The summed E-state index contributed by atoms with van der Waals surface area (Å²) in [6.45, 7) is 0.